The summed E-state index contributed by atoms with van der Waals surface area (Å²) in [4.78, 5) is 0. The van der Waals surface area contributed by atoms with Gasteiger partial charge < -0.3 is 4.74 Å². The largest absolute Gasteiger partial charge is 0.485 e. The molecule has 4 nitrogen and oxygen atoms in total. The van der Waals surface area contributed by atoms with Crippen LogP contribution in [0.1, 0.15) is 33.1 Å². The number of allylic oxidation sites excluding steroid dienone is 2. The lowest BCUT2D eigenvalue weighted by atomic mass is 9.11. The molecular formula is C17H19FO4S. The summed E-state index contributed by atoms with van der Waals surface area (Å²) in [6, 6.07) is 0. The van der Waals surface area contributed by atoms with Crippen LogP contribution >= 0.6 is 0 Å². The third kappa shape index (κ3) is 0.836. The van der Waals surface area contributed by atoms with Gasteiger partial charge in [-0.25, -0.2) is 4.39 Å². The van der Waals surface area contributed by atoms with Crippen molar-refractivity contribution in [3.05, 3.63) is 23.5 Å². The van der Waals surface area contributed by atoms with Gasteiger partial charge >= 0.3 is 10.1 Å². The van der Waals surface area contributed by atoms with Crippen molar-refractivity contribution in [1.29, 1.82) is 0 Å². The molecule has 6 heteroatoms. The molecule has 1 aliphatic heterocycles. The first-order chi connectivity index (χ1) is 10.5. The molecule has 5 aliphatic carbocycles. The van der Waals surface area contributed by atoms with Gasteiger partial charge in [0.25, 0.3) is 5.00 Å². The van der Waals surface area contributed by atoms with Crippen molar-refractivity contribution >= 4 is 10.1 Å². The summed E-state index contributed by atoms with van der Waals surface area (Å²) in [7, 11) is -4.82. The standard InChI is InChI=1S/C17H19FO4S/c1-7-9-4-8-5-15(6-10(7)16(8,9)15)12-11-13(22-12)17(18,14(11,2)3)23(19,20)21/h8-10,13H,1,4-6H2,2-3H3,(H,19,20,21). The molecule has 124 valence electrons. The summed E-state index contributed by atoms with van der Waals surface area (Å²) in [5.41, 5.74) is 1.26. The third-order valence-corrected chi connectivity index (χ3v) is 10.1. The molecule has 1 heterocycles. The Morgan fingerprint density at radius 2 is 2.00 bits per heavy atom. The zero-order valence-corrected chi connectivity index (χ0v) is 13.9. The van der Waals surface area contributed by atoms with Crippen LogP contribution in [0.4, 0.5) is 4.39 Å². The molecule has 6 rings (SSSR count). The number of hydrogen-bond acceptors (Lipinski definition) is 3. The van der Waals surface area contributed by atoms with Crippen molar-refractivity contribution in [3.8, 4) is 0 Å². The normalized spacial score (nSPS) is 59.4. The number of halogens is 1. The minimum absolute atomic E-state index is 0.0100. The van der Waals surface area contributed by atoms with Crippen molar-refractivity contribution in [1.82, 2.24) is 0 Å². The lowest BCUT2D eigenvalue weighted by Crippen LogP contribution is -2.88. The second-order valence-corrected chi connectivity index (χ2v) is 10.6. The Kier molecular flexibility index (Phi) is 1.70. The van der Waals surface area contributed by atoms with E-state index in [1.165, 1.54) is 12.0 Å². The van der Waals surface area contributed by atoms with Crippen LogP contribution in [0.5, 0.6) is 0 Å². The zero-order valence-electron chi connectivity index (χ0n) is 13.1. The summed E-state index contributed by atoms with van der Waals surface area (Å²) < 4.78 is 53.2. The van der Waals surface area contributed by atoms with E-state index in [9.17, 15) is 13.0 Å². The Hall–Kier alpha value is -0.880. The van der Waals surface area contributed by atoms with Crippen molar-refractivity contribution in [3.63, 3.8) is 0 Å². The van der Waals surface area contributed by atoms with Gasteiger partial charge in [-0.3, -0.25) is 4.55 Å². The van der Waals surface area contributed by atoms with E-state index in [1.807, 2.05) is 0 Å². The highest BCUT2D eigenvalue weighted by Crippen LogP contribution is 2.96. The summed E-state index contributed by atoms with van der Waals surface area (Å²) >= 11 is 0. The van der Waals surface area contributed by atoms with Gasteiger partial charge in [0.1, 0.15) is 5.76 Å². The van der Waals surface area contributed by atoms with Gasteiger partial charge in [-0.2, -0.15) is 8.42 Å². The second-order valence-electron chi connectivity index (χ2n) is 9.02. The number of alkyl halides is 1. The zero-order chi connectivity index (χ0) is 16.4. The Morgan fingerprint density at radius 3 is 2.52 bits per heavy atom. The van der Waals surface area contributed by atoms with Gasteiger partial charge in [0.05, 0.1) is 0 Å². The summed E-state index contributed by atoms with van der Waals surface area (Å²) in [6.07, 6.45) is 2.21. The molecule has 7 unspecified atom stereocenters. The Morgan fingerprint density at radius 1 is 1.30 bits per heavy atom. The van der Waals surface area contributed by atoms with Crippen LogP contribution in [0.2, 0.25) is 0 Å². The maximum absolute atomic E-state index is 15.0. The van der Waals surface area contributed by atoms with Crippen molar-refractivity contribution in [2.75, 3.05) is 0 Å². The fraction of sp³-hybridized carbons (Fsp3) is 0.765. The first kappa shape index (κ1) is 13.4. The number of rotatable bonds is 2. The van der Waals surface area contributed by atoms with E-state index in [4.69, 9.17) is 4.74 Å². The quantitative estimate of drug-likeness (QED) is 0.621. The predicted octanol–water partition coefficient (Wildman–Crippen LogP) is 2.84. The molecule has 5 fully saturated rings. The van der Waals surface area contributed by atoms with Gasteiger partial charge in [0.2, 0.25) is 0 Å². The van der Waals surface area contributed by atoms with E-state index in [1.54, 1.807) is 13.8 Å². The van der Waals surface area contributed by atoms with Crippen LogP contribution in [0, 0.1) is 34.0 Å². The molecule has 0 bridgehead atoms. The Balaban J connectivity index is 1.45. The Labute approximate surface area is 134 Å². The molecule has 23 heavy (non-hydrogen) atoms. The van der Waals surface area contributed by atoms with Crippen LogP contribution in [-0.4, -0.2) is 24.1 Å². The van der Waals surface area contributed by atoms with Crippen molar-refractivity contribution in [2.24, 2.45) is 34.0 Å². The molecule has 1 N–H and O–H groups in total. The molecule has 1 spiro atoms. The fourth-order valence-corrected chi connectivity index (χ4v) is 8.80. The lowest BCUT2D eigenvalue weighted by Gasteiger charge is -2.92. The van der Waals surface area contributed by atoms with E-state index >= 15 is 4.39 Å². The van der Waals surface area contributed by atoms with Crippen LogP contribution in [0.15, 0.2) is 23.5 Å². The first-order valence-corrected chi connectivity index (χ1v) is 9.75. The van der Waals surface area contributed by atoms with E-state index in [0.717, 1.165) is 30.1 Å². The van der Waals surface area contributed by atoms with Crippen molar-refractivity contribution < 1.29 is 22.1 Å². The minimum atomic E-state index is -4.82. The maximum atomic E-state index is 15.0. The summed E-state index contributed by atoms with van der Waals surface area (Å²) in [6.45, 7) is 7.34. The van der Waals surface area contributed by atoms with Crippen LogP contribution < -0.4 is 0 Å². The molecule has 0 aromatic rings. The average Bonchev–Trinajstić information content (AvgIpc) is 2.32. The molecule has 6 aliphatic rings. The minimum Gasteiger partial charge on any atom is -0.485 e. The maximum Gasteiger partial charge on any atom is 0.305 e. The van der Waals surface area contributed by atoms with Crippen molar-refractivity contribution in [2.45, 2.75) is 44.2 Å². The van der Waals surface area contributed by atoms with Crippen LogP contribution in [-0.2, 0) is 14.9 Å². The van der Waals surface area contributed by atoms with E-state index in [2.05, 4.69) is 6.58 Å². The van der Waals surface area contributed by atoms with Gasteiger partial charge in [0.15, 0.2) is 6.10 Å². The number of fused-ring (bicyclic) bond motifs is 1. The van der Waals surface area contributed by atoms with Gasteiger partial charge in [-0.15, -0.1) is 0 Å². The predicted molar refractivity (Wildman–Crippen MR) is 79.4 cm³/mol. The van der Waals surface area contributed by atoms with E-state index < -0.39 is 26.6 Å². The lowest BCUT2D eigenvalue weighted by molar-refractivity contribution is -0.400. The average molecular weight is 338 g/mol. The van der Waals surface area contributed by atoms with E-state index in [-0.39, 0.29) is 5.41 Å². The highest BCUT2D eigenvalue weighted by molar-refractivity contribution is 7.87. The molecular weight excluding hydrogens is 319 g/mol. The van der Waals surface area contributed by atoms with E-state index in [0.29, 0.717) is 17.3 Å². The smallest absolute Gasteiger partial charge is 0.305 e. The molecule has 0 amide bonds. The number of ether oxygens (including phenoxy) is 1. The molecule has 0 aromatic carbocycles. The monoisotopic (exact) mass is 338 g/mol. The number of hydrogen-bond donors (Lipinski definition) is 1. The highest BCUT2D eigenvalue weighted by atomic mass is 32.2. The molecule has 0 aromatic heterocycles. The Bertz CT molecular complexity index is 863. The molecule has 5 saturated carbocycles. The summed E-state index contributed by atoms with van der Waals surface area (Å²) in [5, 5.41) is -2.72. The first-order valence-electron chi connectivity index (χ1n) is 8.31. The SMILES string of the molecule is C=C1C2CC3CC4(C5=C6C(O5)C(F)(S(=O)(=O)O)C6(C)C)CC1C324. The second kappa shape index (κ2) is 2.92. The third-order valence-electron chi connectivity index (χ3n) is 8.64. The molecule has 7 atom stereocenters. The van der Waals surface area contributed by atoms with Crippen LogP contribution in [0.3, 0.4) is 0 Å². The fourth-order valence-electron chi connectivity index (χ4n) is 7.61. The summed E-state index contributed by atoms with van der Waals surface area (Å²) in [5.74, 6) is 2.79. The van der Waals surface area contributed by atoms with Gasteiger partial charge in [-0.05, 0) is 42.4 Å². The van der Waals surface area contributed by atoms with Crippen LogP contribution in [0.25, 0.3) is 0 Å². The van der Waals surface area contributed by atoms with Gasteiger partial charge in [0, 0.05) is 16.4 Å². The topological polar surface area (TPSA) is 63.6 Å². The molecule has 0 radical (unpaired) electrons. The highest BCUT2D eigenvalue weighted by Gasteiger charge is 2.93. The van der Waals surface area contributed by atoms with Gasteiger partial charge in [-0.1, -0.05) is 26.0 Å². The molecule has 0 saturated heterocycles.